The minimum Gasteiger partial charge on any atom is -0.496 e. The molecule has 3 nitrogen and oxygen atoms in total. The first kappa shape index (κ1) is 9.73. The lowest BCUT2D eigenvalue weighted by molar-refractivity contribution is 0.293. The molecule has 0 saturated carbocycles. The lowest BCUT2D eigenvalue weighted by Crippen LogP contribution is -2.13. The highest BCUT2D eigenvalue weighted by atomic mass is 16.5. The normalized spacial score (nSPS) is 25.9. The summed E-state index contributed by atoms with van der Waals surface area (Å²) >= 11 is 0. The van der Waals surface area contributed by atoms with E-state index in [9.17, 15) is 0 Å². The quantitative estimate of drug-likeness (QED) is 0.709. The Morgan fingerprint density at radius 3 is 1.75 bits per heavy atom. The number of likely N-dealkylation sites (N-methyl/N-ethyl adjacent to an activating group) is 1. The van der Waals surface area contributed by atoms with Crippen molar-refractivity contribution in [2.75, 3.05) is 21.3 Å². The molecule has 1 aromatic rings. The Labute approximate surface area is 95.3 Å². The summed E-state index contributed by atoms with van der Waals surface area (Å²) in [6.07, 6.45) is 4.46. The van der Waals surface area contributed by atoms with Gasteiger partial charge in [-0.25, -0.2) is 0 Å². The summed E-state index contributed by atoms with van der Waals surface area (Å²) in [6, 6.07) is 4.65. The molecular formula is C13H15NO2. The van der Waals surface area contributed by atoms with Gasteiger partial charge < -0.3 is 9.47 Å². The van der Waals surface area contributed by atoms with E-state index < -0.39 is 0 Å². The average molecular weight is 217 g/mol. The Morgan fingerprint density at radius 1 is 0.938 bits per heavy atom. The first-order chi connectivity index (χ1) is 7.77. The van der Waals surface area contributed by atoms with Crippen molar-refractivity contribution >= 4 is 0 Å². The number of benzene rings is 1. The molecule has 0 spiro atoms. The van der Waals surface area contributed by atoms with E-state index in [0.717, 1.165) is 11.5 Å². The van der Waals surface area contributed by atoms with Crippen molar-refractivity contribution in [3.63, 3.8) is 0 Å². The van der Waals surface area contributed by atoms with Crippen molar-refractivity contribution in [2.24, 2.45) is 0 Å². The topological polar surface area (TPSA) is 21.7 Å². The molecule has 0 saturated heterocycles. The molecule has 84 valence electrons. The predicted molar refractivity (Wildman–Crippen MR) is 61.9 cm³/mol. The van der Waals surface area contributed by atoms with Crippen molar-refractivity contribution in [3.8, 4) is 11.5 Å². The van der Waals surface area contributed by atoms with Crippen LogP contribution in [0, 0.1) is 0 Å². The summed E-state index contributed by atoms with van der Waals surface area (Å²) in [7, 11) is 5.57. The van der Waals surface area contributed by atoms with Crippen molar-refractivity contribution < 1.29 is 9.47 Å². The Balaban J connectivity index is 2.24. The van der Waals surface area contributed by atoms with Crippen LogP contribution in [0.4, 0.5) is 0 Å². The van der Waals surface area contributed by atoms with Crippen molar-refractivity contribution in [1.29, 1.82) is 0 Å². The second-order valence-electron chi connectivity index (χ2n) is 4.24. The molecule has 2 unspecified atom stereocenters. The molecule has 0 N–H and O–H groups in total. The summed E-state index contributed by atoms with van der Waals surface area (Å²) in [5.74, 6) is 1.92. The van der Waals surface area contributed by atoms with Gasteiger partial charge in [-0.05, 0) is 19.2 Å². The third kappa shape index (κ3) is 1.01. The van der Waals surface area contributed by atoms with Gasteiger partial charge in [0.05, 0.1) is 26.3 Å². The van der Waals surface area contributed by atoms with Gasteiger partial charge in [-0.15, -0.1) is 0 Å². The van der Waals surface area contributed by atoms with Crippen LogP contribution < -0.4 is 9.47 Å². The third-order valence-corrected chi connectivity index (χ3v) is 3.59. The fourth-order valence-electron chi connectivity index (χ4n) is 2.82. The molecule has 0 aromatic heterocycles. The summed E-state index contributed by atoms with van der Waals surface area (Å²) < 4.78 is 10.9. The smallest absolute Gasteiger partial charge is 0.124 e. The molecule has 0 radical (unpaired) electrons. The maximum atomic E-state index is 5.44. The largest absolute Gasteiger partial charge is 0.496 e. The van der Waals surface area contributed by atoms with Crippen LogP contribution in [0.5, 0.6) is 11.5 Å². The van der Waals surface area contributed by atoms with Crippen LogP contribution in [0.25, 0.3) is 0 Å². The van der Waals surface area contributed by atoms with Gasteiger partial charge in [0.15, 0.2) is 0 Å². The number of rotatable bonds is 2. The van der Waals surface area contributed by atoms with Gasteiger partial charge in [0.2, 0.25) is 0 Å². The predicted octanol–water partition coefficient (Wildman–Crippen LogP) is 2.30. The summed E-state index contributed by atoms with van der Waals surface area (Å²) in [5, 5.41) is 0. The number of hydrogen-bond acceptors (Lipinski definition) is 3. The molecule has 3 rings (SSSR count). The lowest BCUT2D eigenvalue weighted by atomic mass is 9.95. The van der Waals surface area contributed by atoms with Crippen LogP contribution in [-0.4, -0.2) is 26.2 Å². The summed E-state index contributed by atoms with van der Waals surface area (Å²) in [6.45, 7) is 0. The number of hydrogen-bond donors (Lipinski definition) is 0. The van der Waals surface area contributed by atoms with E-state index in [1.165, 1.54) is 11.1 Å². The molecule has 2 heterocycles. The first-order valence-electron chi connectivity index (χ1n) is 5.43. The van der Waals surface area contributed by atoms with Gasteiger partial charge in [-0.1, -0.05) is 12.2 Å². The summed E-state index contributed by atoms with van der Waals surface area (Å²) in [5.41, 5.74) is 2.52. The molecular weight excluding hydrogens is 202 g/mol. The van der Waals surface area contributed by atoms with E-state index in [2.05, 4.69) is 24.1 Å². The van der Waals surface area contributed by atoms with Crippen LogP contribution in [0.1, 0.15) is 23.2 Å². The molecule has 2 aliphatic heterocycles. The van der Waals surface area contributed by atoms with Gasteiger partial charge in [0.1, 0.15) is 11.5 Å². The van der Waals surface area contributed by atoms with E-state index in [1.807, 2.05) is 12.1 Å². The fourth-order valence-corrected chi connectivity index (χ4v) is 2.82. The van der Waals surface area contributed by atoms with Crippen molar-refractivity contribution in [3.05, 3.63) is 35.4 Å². The molecule has 16 heavy (non-hydrogen) atoms. The molecule has 2 bridgehead atoms. The molecule has 2 atom stereocenters. The molecule has 0 amide bonds. The highest BCUT2D eigenvalue weighted by Crippen LogP contribution is 2.53. The van der Waals surface area contributed by atoms with Crippen LogP contribution in [0.15, 0.2) is 24.3 Å². The Morgan fingerprint density at radius 2 is 1.38 bits per heavy atom. The first-order valence-corrected chi connectivity index (χ1v) is 5.43. The maximum Gasteiger partial charge on any atom is 0.124 e. The van der Waals surface area contributed by atoms with E-state index in [0.29, 0.717) is 12.1 Å². The second-order valence-corrected chi connectivity index (χ2v) is 4.24. The number of ether oxygens (including phenoxy) is 2. The molecule has 3 heteroatoms. The van der Waals surface area contributed by atoms with Crippen LogP contribution in [0.2, 0.25) is 0 Å². The average Bonchev–Trinajstić information content (AvgIpc) is 2.82. The molecule has 0 fully saturated rings. The van der Waals surface area contributed by atoms with E-state index in [-0.39, 0.29) is 0 Å². The maximum absolute atomic E-state index is 5.44. The Kier molecular flexibility index (Phi) is 1.98. The zero-order valence-corrected chi connectivity index (χ0v) is 9.73. The minimum absolute atomic E-state index is 0.338. The van der Waals surface area contributed by atoms with Crippen LogP contribution >= 0.6 is 0 Å². The number of nitrogens with zero attached hydrogens (tertiary/aromatic N) is 1. The number of methoxy groups -OCH3 is 2. The highest BCUT2D eigenvalue weighted by Gasteiger charge is 2.41. The van der Waals surface area contributed by atoms with Gasteiger partial charge in [0.25, 0.3) is 0 Å². The summed E-state index contributed by atoms with van der Waals surface area (Å²) in [4.78, 5) is 2.33. The zero-order valence-electron chi connectivity index (χ0n) is 9.73. The van der Waals surface area contributed by atoms with Gasteiger partial charge in [-0.3, -0.25) is 4.90 Å². The van der Waals surface area contributed by atoms with Gasteiger partial charge >= 0.3 is 0 Å². The highest BCUT2D eigenvalue weighted by molar-refractivity contribution is 5.59. The van der Waals surface area contributed by atoms with E-state index in [1.54, 1.807) is 14.2 Å². The van der Waals surface area contributed by atoms with Crippen molar-refractivity contribution in [1.82, 2.24) is 4.90 Å². The van der Waals surface area contributed by atoms with Crippen molar-refractivity contribution in [2.45, 2.75) is 12.1 Å². The SMILES string of the molecule is COc1ccc(OC)c2c1C1C=CC2N1C. The minimum atomic E-state index is 0.338. The molecule has 2 aliphatic rings. The fraction of sp³-hybridized carbons (Fsp3) is 0.385. The van der Waals surface area contributed by atoms with Crippen LogP contribution in [-0.2, 0) is 0 Å². The molecule has 0 aliphatic carbocycles. The lowest BCUT2D eigenvalue weighted by Gasteiger charge is -2.16. The monoisotopic (exact) mass is 217 g/mol. The van der Waals surface area contributed by atoms with E-state index >= 15 is 0 Å². The Bertz CT molecular complexity index is 426. The number of fused-ring (bicyclic) bond motifs is 5. The third-order valence-electron chi connectivity index (χ3n) is 3.59. The second kappa shape index (κ2) is 3.25. The van der Waals surface area contributed by atoms with Gasteiger partial charge in [-0.2, -0.15) is 0 Å². The standard InChI is InChI=1S/C13H15NO2/c1-14-8-4-5-9(14)13-11(16-3)7-6-10(15-2)12(8)13/h4-9H,1-3H3. The molecule has 1 aromatic carbocycles. The van der Waals surface area contributed by atoms with E-state index in [4.69, 9.17) is 9.47 Å². The Hall–Kier alpha value is -1.48. The van der Waals surface area contributed by atoms with Crippen LogP contribution in [0.3, 0.4) is 0 Å². The zero-order chi connectivity index (χ0) is 11.3. The van der Waals surface area contributed by atoms with Gasteiger partial charge in [0, 0.05) is 11.1 Å².